The Labute approximate surface area is 122 Å². The Bertz CT molecular complexity index is 489. The molecule has 20 heavy (non-hydrogen) atoms. The Morgan fingerprint density at radius 1 is 1.25 bits per heavy atom. The lowest BCUT2D eigenvalue weighted by molar-refractivity contribution is -0.156. The van der Waals surface area contributed by atoms with Gasteiger partial charge in [-0.1, -0.05) is 30.3 Å². The molecule has 0 heterocycles. The zero-order chi connectivity index (χ0) is 15.1. The van der Waals surface area contributed by atoms with E-state index in [0.29, 0.717) is 0 Å². The first-order valence-corrected chi connectivity index (χ1v) is 7.45. The van der Waals surface area contributed by atoms with E-state index in [1.54, 1.807) is 30.5 Å². The normalized spacial score (nSPS) is 11.7. The molecule has 0 aliphatic carbocycles. The monoisotopic (exact) mass is 295 g/mol. The van der Waals surface area contributed by atoms with Crippen molar-refractivity contribution in [1.29, 1.82) is 0 Å². The van der Waals surface area contributed by atoms with Crippen LogP contribution in [0.3, 0.4) is 0 Å². The van der Waals surface area contributed by atoms with E-state index in [4.69, 9.17) is 0 Å². The molecule has 0 spiro atoms. The van der Waals surface area contributed by atoms with Crippen LogP contribution in [0.1, 0.15) is 12.5 Å². The maximum Gasteiger partial charge on any atom is 0.327 e. The smallest absolute Gasteiger partial charge is 0.327 e. The van der Waals surface area contributed by atoms with Crippen LogP contribution in [-0.4, -0.2) is 45.8 Å². The highest BCUT2D eigenvalue weighted by molar-refractivity contribution is 7.98. The summed E-state index contributed by atoms with van der Waals surface area (Å²) in [5.41, 5.74) is 0.747. The van der Waals surface area contributed by atoms with Gasteiger partial charge in [-0.2, -0.15) is 11.8 Å². The van der Waals surface area contributed by atoms with Crippen molar-refractivity contribution in [1.82, 2.24) is 4.90 Å². The number of imide groups is 1. The summed E-state index contributed by atoms with van der Waals surface area (Å²) in [6.45, 7) is 1.21. The van der Waals surface area contributed by atoms with E-state index < -0.39 is 23.8 Å². The lowest BCUT2D eigenvalue weighted by Crippen LogP contribution is -2.49. The molecule has 0 radical (unpaired) electrons. The predicted molar refractivity (Wildman–Crippen MR) is 77.5 cm³/mol. The first kappa shape index (κ1) is 16.2. The molecule has 6 heteroatoms. The zero-order valence-electron chi connectivity index (χ0n) is 11.4. The van der Waals surface area contributed by atoms with Crippen LogP contribution in [0.2, 0.25) is 0 Å². The Morgan fingerprint density at radius 2 is 1.85 bits per heavy atom. The van der Waals surface area contributed by atoms with E-state index in [1.165, 1.54) is 18.7 Å². The maximum atomic E-state index is 12.2. The Hall–Kier alpha value is -1.82. The first-order chi connectivity index (χ1) is 9.47. The molecule has 0 saturated carbocycles. The molecule has 0 aromatic heterocycles. The number of hydrogen-bond acceptors (Lipinski definition) is 4. The largest absolute Gasteiger partial charge is 0.480 e. The third-order valence-electron chi connectivity index (χ3n) is 2.73. The molecule has 1 aromatic carbocycles. The fourth-order valence-electron chi connectivity index (χ4n) is 1.84. The molecule has 0 saturated heterocycles. The number of amides is 2. The summed E-state index contributed by atoms with van der Waals surface area (Å²) < 4.78 is 0. The van der Waals surface area contributed by atoms with Gasteiger partial charge in [-0.15, -0.1) is 0 Å². The van der Waals surface area contributed by atoms with Gasteiger partial charge in [-0.25, -0.2) is 4.79 Å². The minimum absolute atomic E-state index is 0.0125. The van der Waals surface area contributed by atoms with Gasteiger partial charge in [-0.05, 0) is 11.8 Å². The Morgan fingerprint density at radius 3 is 2.30 bits per heavy atom. The van der Waals surface area contributed by atoms with Gasteiger partial charge >= 0.3 is 5.97 Å². The van der Waals surface area contributed by atoms with Crippen LogP contribution in [0.25, 0.3) is 0 Å². The SMILES string of the molecule is CSC[C@@H](C(=O)O)N(C(C)=O)C(=O)Cc1ccccc1. The van der Waals surface area contributed by atoms with Crippen LogP contribution >= 0.6 is 11.8 Å². The van der Waals surface area contributed by atoms with Gasteiger partial charge in [0.25, 0.3) is 0 Å². The van der Waals surface area contributed by atoms with E-state index >= 15 is 0 Å². The van der Waals surface area contributed by atoms with Crippen molar-refractivity contribution in [3.8, 4) is 0 Å². The van der Waals surface area contributed by atoms with Crippen LogP contribution in [0, 0.1) is 0 Å². The number of rotatable bonds is 6. The number of thioether (sulfide) groups is 1. The van der Waals surface area contributed by atoms with Crippen molar-refractivity contribution in [2.45, 2.75) is 19.4 Å². The number of aliphatic carboxylic acids is 1. The second-order valence-electron chi connectivity index (χ2n) is 4.25. The summed E-state index contributed by atoms with van der Waals surface area (Å²) in [7, 11) is 0. The average Bonchev–Trinajstić information content (AvgIpc) is 2.38. The van der Waals surface area contributed by atoms with Gasteiger partial charge < -0.3 is 5.11 Å². The Balaban J connectivity index is 2.92. The van der Waals surface area contributed by atoms with Crippen molar-refractivity contribution < 1.29 is 19.5 Å². The van der Waals surface area contributed by atoms with Crippen molar-refractivity contribution in [2.75, 3.05) is 12.0 Å². The van der Waals surface area contributed by atoms with E-state index in [9.17, 15) is 19.5 Å². The second-order valence-corrected chi connectivity index (χ2v) is 5.17. The second kappa shape index (κ2) is 7.69. The summed E-state index contributed by atoms with van der Waals surface area (Å²) in [5, 5.41) is 9.18. The molecule has 108 valence electrons. The van der Waals surface area contributed by atoms with Gasteiger partial charge in [0.15, 0.2) is 0 Å². The fraction of sp³-hybridized carbons (Fsp3) is 0.357. The van der Waals surface area contributed by atoms with Crippen molar-refractivity contribution in [2.24, 2.45) is 0 Å². The number of benzene rings is 1. The van der Waals surface area contributed by atoms with Crippen LogP contribution in [0.4, 0.5) is 0 Å². The van der Waals surface area contributed by atoms with Crippen molar-refractivity contribution in [3.63, 3.8) is 0 Å². The van der Waals surface area contributed by atoms with Gasteiger partial charge in [-0.3, -0.25) is 14.5 Å². The quantitative estimate of drug-likeness (QED) is 0.859. The average molecular weight is 295 g/mol. The minimum atomic E-state index is -1.17. The van der Waals surface area contributed by atoms with Crippen LogP contribution in [-0.2, 0) is 20.8 Å². The van der Waals surface area contributed by atoms with Gasteiger partial charge in [0.1, 0.15) is 6.04 Å². The van der Waals surface area contributed by atoms with E-state index in [1.807, 2.05) is 6.07 Å². The molecule has 5 nitrogen and oxygen atoms in total. The standard InChI is InChI=1S/C14H17NO4S/c1-10(16)15(12(9-20-2)14(18)19)13(17)8-11-6-4-3-5-7-11/h3-7,12H,8-9H2,1-2H3,(H,18,19)/t12-/m0/s1. The molecule has 1 rings (SSSR count). The molecule has 1 aromatic rings. The van der Waals surface area contributed by atoms with Gasteiger partial charge in [0.05, 0.1) is 6.42 Å². The third kappa shape index (κ3) is 4.38. The highest BCUT2D eigenvalue weighted by Crippen LogP contribution is 2.11. The third-order valence-corrected chi connectivity index (χ3v) is 3.38. The highest BCUT2D eigenvalue weighted by atomic mass is 32.2. The van der Waals surface area contributed by atoms with Crippen LogP contribution in [0.15, 0.2) is 30.3 Å². The summed E-state index contributed by atoms with van der Waals surface area (Å²) in [4.78, 5) is 35.9. The summed E-state index contributed by atoms with van der Waals surface area (Å²) in [6.07, 6.45) is 1.74. The summed E-state index contributed by atoms with van der Waals surface area (Å²) >= 11 is 1.28. The molecular formula is C14H17NO4S. The lowest BCUT2D eigenvalue weighted by atomic mass is 10.1. The van der Waals surface area contributed by atoms with E-state index in [-0.39, 0.29) is 12.2 Å². The highest BCUT2D eigenvalue weighted by Gasteiger charge is 2.32. The summed E-state index contributed by atoms with van der Waals surface area (Å²) in [5.74, 6) is -2.04. The minimum Gasteiger partial charge on any atom is -0.480 e. The Kier molecular flexibility index (Phi) is 6.24. The molecule has 0 unspecified atom stereocenters. The lowest BCUT2D eigenvalue weighted by Gasteiger charge is -2.25. The number of nitrogens with zero attached hydrogens (tertiary/aromatic N) is 1. The number of hydrogen-bond donors (Lipinski definition) is 1. The van der Waals surface area contributed by atoms with Crippen molar-refractivity contribution >= 4 is 29.5 Å². The first-order valence-electron chi connectivity index (χ1n) is 6.05. The molecule has 1 N–H and O–H groups in total. The van der Waals surface area contributed by atoms with Crippen LogP contribution in [0.5, 0.6) is 0 Å². The van der Waals surface area contributed by atoms with E-state index in [0.717, 1.165) is 10.5 Å². The number of carbonyl (C=O) groups excluding carboxylic acids is 2. The van der Waals surface area contributed by atoms with Gasteiger partial charge in [0.2, 0.25) is 11.8 Å². The number of carboxylic acid groups (broad SMARTS) is 1. The molecule has 2 amide bonds. The topological polar surface area (TPSA) is 74.7 Å². The molecule has 0 fully saturated rings. The predicted octanol–water partition coefficient (Wildman–Crippen LogP) is 1.42. The molecule has 0 aliphatic rings. The maximum absolute atomic E-state index is 12.2. The van der Waals surface area contributed by atoms with Gasteiger partial charge in [0, 0.05) is 12.7 Å². The fourth-order valence-corrected chi connectivity index (χ4v) is 2.45. The number of carboxylic acids is 1. The molecule has 0 aliphatic heterocycles. The zero-order valence-corrected chi connectivity index (χ0v) is 12.2. The van der Waals surface area contributed by atoms with Crippen LogP contribution < -0.4 is 0 Å². The van der Waals surface area contributed by atoms with Crippen molar-refractivity contribution in [3.05, 3.63) is 35.9 Å². The number of carbonyl (C=O) groups is 3. The summed E-state index contributed by atoms with van der Waals surface area (Å²) in [6, 6.07) is 7.80. The van der Waals surface area contributed by atoms with E-state index in [2.05, 4.69) is 0 Å². The molecule has 0 bridgehead atoms. The molecular weight excluding hydrogens is 278 g/mol. The molecule has 1 atom stereocenters.